The van der Waals surface area contributed by atoms with Crippen LogP contribution in [0.2, 0.25) is 5.02 Å². The van der Waals surface area contributed by atoms with E-state index < -0.39 is 0 Å². The summed E-state index contributed by atoms with van der Waals surface area (Å²) in [5.74, 6) is 0.590. The van der Waals surface area contributed by atoms with Gasteiger partial charge in [-0.2, -0.15) is 0 Å². The van der Waals surface area contributed by atoms with Crippen molar-refractivity contribution in [1.29, 1.82) is 0 Å². The van der Waals surface area contributed by atoms with Crippen LogP contribution >= 0.6 is 23.8 Å². The van der Waals surface area contributed by atoms with Crippen molar-refractivity contribution in [1.82, 2.24) is 5.32 Å². The molecule has 4 heteroatoms. The van der Waals surface area contributed by atoms with Crippen LogP contribution in [0.15, 0.2) is 48.5 Å². The van der Waals surface area contributed by atoms with E-state index in [0.717, 1.165) is 30.1 Å². The summed E-state index contributed by atoms with van der Waals surface area (Å²) in [6.07, 6.45) is 2.03. The molecule has 0 aromatic heterocycles. The van der Waals surface area contributed by atoms with E-state index in [1.807, 2.05) is 18.2 Å². The number of hydrogen-bond donors (Lipinski definition) is 2. The Hall–Kier alpha value is -1.58. The lowest BCUT2D eigenvalue weighted by molar-refractivity contribution is 0.734. The van der Waals surface area contributed by atoms with Crippen molar-refractivity contribution in [2.75, 3.05) is 11.9 Å². The topological polar surface area (TPSA) is 24.1 Å². The lowest BCUT2D eigenvalue weighted by Crippen LogP contribution is -2.30. The SMILES string of the molecule is CCC(C)c1ccc(NC(=S)NCCc2cccc(Cl)c2)cc1. The summed E-state index contributed by atoms with van der Waals surface area (Å²) in [6.45, 7) is 5.22. The Morgan fingerprint density at radius 1 is 1.17 bits per heavy atom. The van der Waals surface area contributed by atoms with Crippen LogP contribution in [0.3, 0.4) is 0 Å². The molecule has 0 spiro atoms. The first-order chi connectivity index (χ1) is 11.1. The molecular weight excluding hydrogens is 324 g/mol. The van der Waals surface area contributed by atoms with Crippen molar-refractivity contribution < 1.29 is 0 Å². The molecule has 2 N–H and O–H groups in total. The molecule has 1 unspecified atom stereocenters. The number of halogens is 1. The average molecular weight is 347 g/mol. The highest BCUT2D eigenvalue weighted by Gasteiger charge is 2.03. The summed E-state index contributed by atoms with van der Waals surface area (Å²) >= 11 is 11.3. The number of rotatable bonds is 6. The van der Waals surface area contributed by atoms with E-state index in [4.69, 9.17) is 23.8 Å². The third kappa shape index (κ3) is 5.85. The normalized spacial score (nSPS) is 11.8. The highest BCUT2D eigenvalue weighted by Crippen LogP contribution is 2.20. The van der Waals surface area contributed by atoms with E-state index in [0.29, 0.717) is 11.0 Å². The molecule has 0 saturated heterocycles. The molecule has 2 aromatic rings. The van der Waals surface area contributed by atoms with Gasteiger partial charge in [-0.3, -0.25) is 0 Å². The van der Waals surface area contributed by atoms with Gasteiger partial charge in [0, 0.05) is 17.3 Å². The van der Waals surface area contributed by atoms with Crippen LogP contribution in [0.1, 0.15) is 37.3 Å². The van der Waals surface area contributed by atoms with E-state index in [9.17, 15) is 0 Å². The van der Waals surface area contributed by atoms with Gasteiger partial charge in [0.15, 0.2) is 5.11 Å². The highest BCUT2D eigenvalue weighted by atomic mass is 35.5. The van der Waals surface area contributed by atoms with Crippen LogP contribution in [-0.4, -0.2) is 11.7 Å². The van der Waals surface area contributed by atoms with Crippen LogP contribution in [-0.2, 0) is 6.42 Å². The Balaban J connectivity index is 1.78. The van der Waals surface area contributed by atoms with Crippen molar-refractivity contribution in [3.8, 4) is 0 Å². The van der Waals surface area contributed by atoms with Gasteiger partial charge in [-0.15, -0.1) is 0 Å². The summed E-state index contributed by atoms with van der Waals surface area (Å²) < 4.78 is 0. The van der Waals surface area contributed by atoms with Crippen molar-refractivity contribution in [3.05, 3.63) is 64.7 Å². The molecule has 23 heavy (non-hydrogen) atoms. The van der Waals surface area contributed by atoms with Crippen molar-refractivity contribution >= 4 is 34.6 Å². The van der Waals surface area contributed by atoms with E-state index in [2.05, 4.69) is 54.8 Å². The van der Waals surface area contributed by atoms with Crippen LogP contribution < -0.4 is 10.6 Å². The molecule has 0 fully saturated rings. The molecule has 0 radical (unpaired) electrons. The zero-order chi connectivity index (χ0) is 16.7. The van der Waals surface area contributed by atoms with Gasteiger partial charge in [-0.25, -0.2) is 0 Å². The Bertz CT molecular complexity index is 640. The Kier molecular flexibility index (Phi) is 6.87. The largest absolute Gasteiger partial charge is 0.362 e. The first kappa shape index (κ1) is 17.8. The quantitative estimate of drug-likeness (QED) is 0.686. The molecule has 1 atom stereocenters. The monoisotopic (exact) mass is 346 g/mol. The molecule has 0 bridgehead atoms. The maximum absolute atomic E-state index is 5.98. The van der Waals surface area contributed by atoms with E-state index in [1.165, 1.54) is 11.1 Å². The van der Waals surface area contributed by atoms with Gasteiger partial charge in [0.2, 0.25) is 0 Å². The van der Waals surface area contributed by atoms with Gasteiger partial charge in [-0.05, 0) is 66.4 Å². The number of nitrogens with one attached hydrogen (secondary N) is 2. The fourth-order valence-electron chi connectivity index (χ4n) is 2.32. The van der Waals surface area contributed by atoms with Crippen molar-refractivity contribution in [2.45, 2.75) is 32.6 Å². The lowest BCUT2D eigenvalue weighted by Gasteiger charge is -2.13. The molecular formula is C19H23ClN2S. The van der Waals surface area contributed by atoms with Gasteiger partial charge in [0.25, 0.3) is 0 Å². The Morgan fingerprint density at radius 2 is 1.91 bits per heavy atom. The molecule has 0 aliphatic rings. The third-order valence-corrected chi connectivity index (χ3v) is 4.42. The van der Waals surface area contributed by atoms with Gasteiger partial charge >= 0.3 is 0 Å². The van der Waals surface area contributed by atoms with Crippen LogP contribution in [0.5, 0.6) is 0 Å². The van der Waals surface area contributed by atoms with E-state index >= 15 is 0 Å². The minimum absolute atomic E-state index is 0.590. The first-order valence-electron chi connectivity index (χ1n) is 7.97. The maximum Gasteiger partial charge on any atom is 0.170 e. The van der Waals surface area contributed by atoms with Gasteiger partial charge in [-0.1, -0.05) is 49.7 Å². The van der Waals surface area contributed by atoms with Crippen molar-refractivity contribution in [2.24, 2.45) is 0 Å². The molecule has 0 heterocycles. The fraction of sp³-hybridized carbons (Fsp3) is 0.316. The third-order valence-electron chi connectivity index (χ3n) is 3.94. The number of benzene rings is 2. The molecule has 0 amide bonds. The summed E-state index contributed by atoms with van der Waals surface area (Å²) in [4.78, 5) is 0. The summed E-state index contributed by atoms with van der Waals surface area (Å²) in [5.41, 5.74) is 3.57. The lowest BCUT2D eigenvalue weighted by atomic mass is 9.99. The maximum atomic E-state index is 5.98. The second-order valence-corrected chi connectivity index (χ2v) is 6.54. The zero-order valence-electron chi connectivity index (χ0n) is 13.6. The summed E-state index contributed by atoms with van der Waals surface area (Å²) in [7, 11) is 0. The Labute approximate surface area is 149 Å². The smallest absolute Gasteiger partial charge is 0.170 e. The minimum atomic E-state index is 0.590. The second kappa shape index (κ2) is 8.90. The second-order valence-electron chi connectivity index (χ2n) is 5.69. The molecule has 2 aromatic carbocycles. The molecule has 122 valence electrons. The number of hydrogen-bond acceptors (Lipinski definition) is 1. The van der Waals surface area contributed by atoms with E-state index in [1.54, 1.807) is 0 Å². The predicted octanol–water partition coefficient (Wildman–Crippen LogP) is 5.38. The summed E-state index contributed by atoms with van der Waals surface area (Å²) in [6, 6.07) is 16.4. The van der Waals surface area contributed by atoms with E-state index in [-0.39, 0.29) is 0 Å². The number of thiocarbonyl (C=S) groups is 1. The average Bonchev–Trinajstić information content (AvgIpc) is 2.55. The van der Waals surface area contributed by atoms with Gasteiger partial charge in [0.05, 0.1) is 0 Å². The first-order valence-corrected chi connectivity index (χ1v) is 8.76. The van der Waals surface area contributed by atoms with Gasteiger partial charge in [0.1, 0.15) is 0 Å². The van der Waals surface area contributed by atoms with Crippen LogP contribution in [0.25, 0.3) is 0 Å². The van der Waals surface area contributed by atoms with Crippen molar-refractivity contribution in [3.63, 3.8) is 0 Å². The predicted molar refractivity (Wildman–Crippen MR) is 105 cm³/mol. The standard InChI is InChI=1S/C19H23ClN2S/c1-3-14(2)16-7-9-18(10-8-16)22-19(23)21-12-11-15-5-4-6-17(20)13-15/h4-10,13-14H,3,11-12H2,1-2H3,(H2,21,22,23). The number of anilines is 1. The van der Waals surface area contributed by atoms with Gasteiger partial charge < -0.3 is 10.6 Å². The summed E-state index contributed by atoms with van der Waals surface area (Å²) in [5, 5.41) is 7.85. The molecule has 0 aliphatic carbocycles. The van der Waals surface area contributed by atoms with Crippen LogP contribution in [0.4, 0.5) is 5.69 Å². The van der Waals surface area contributed by atoms with Crippen LogP contribution in [0, 0.1) is 0 Å². The molecule has 0 aliphatic heterocycles. The molecule has 0 saturated carbocycles. The minimum Gasteiger partial charge on any atom is -0.362 e. The molecule has 2 rings (SSSR count). The fourth-order valence-corrected chi connectivity index (χ4v) is 2.75. The highest BCUT2D eigenvalue weighted by molar-refractivity contribution is 7.80. The zero-order valence-corrected chi connectivity index (χ0v) is 15.2. The Morgan fingerprint density at radius 3 is 2.57 bits per heavy atom. The molecule has 2 nitrogen and oxygen atoms in total.